The Morgan fingerprint density at radius 2 is 2.35 bits per heavy atom. The molecule has 1 aromatic rings. The summed E-state index contributed by atoms with van der Waals surface area (Å²) in [5.41, 5.74) is 1.22. The van der Waals surface area contributed by atoms with Crippen LogP contribution in [0.25, 0.3) is 0 Å². The van der Waals surface area contributed by atoms with Crippen molar-refractivity contribution in [2.24, 2.45) is 0 Å². The third kappa shape index (κ3) is 4.43. The maximum atomic E-state index is 5.76. The van der Waals surface area contributed by atoms with E-state index in [9.17, 15) is 0 Å². The summed E-state index contributed by atoms with van der Waals surface area (Å²) in [5.74, 6) is 0. The number of nitrogens with one attached hydrogen (secondary N) is 1. The lowest BCUT2D eigenvalue weighted by Gasteiger charge is -2.31. The first-order valence-electron chi connectivity index (χ1n) is 5.77. The van der Waals surface area contributed by atoms with Gasteiger partial charge in [-0.1, -0.05) is 17.7 Å². The molecule has 5 heteroatoms. The molecule has 0 aromatic carbocycles. The van der Waals surface area contributed by atoms with Crippen LogP contribution in [0.15, 0.2) is 18.3 Å². The van der Waals surface area contributed by atoms with Crippen LogP contribution in [-0.4, -0.2) is 36.1 Å². The van der Waals surface area contributed by atoms with Crippen molar-refractivity contribution >= 4 is 24.0 Å². The van der Waals surface area contributed by atoms with Crippen LogP contribution >= 0.6 is 24.0 Å². The molecule has 0 amide bonds. The van der Waals surface area contributed by atoms with Gasteiger partial charge in [-0.05, 0) is 38.1 Å². The van der Waals surface area contributed by atoms with Crippen LogP contribution in [0.5, 0.6) is 0 Å². The fraction of sp³-hybridized carbons (Fsp3) is 0.583. The third-order valence-electron chi connectivity index (χ3n) is 3.11. The Balaban J connectivity index is 0.00000144. The van der Waals surface area contributed by atoms with Crippen molar-refractivity contribution in [3.05, 3.63) is 29.0 Å². The zero-order valence-corrected chi connectivity index (χ0v) is 11.6. The highest BCUT2D eigenvalue weighted by molar-refractivity contribution is 6.29. The molecule has 1 aliphatic heterocycles. The Labute approximate surface area is 114 Å². The Morgan fingerprint density at radius 3 is 2.94 bits per heavy atom. The summed E-state index contributed by atoms with van der Waals surface area (Å²) in [6.45, 7) is 3.20. The summed E-state index contributed by atoms with van der Waals surface area (Å²) >= 11 is 5.76. The van der Waals surface area contributed by atoms with Gasteiger partial charge in [0.2, 0.25) is 0 Å². The van der Waals surface area contributed by atoms with E-state index >= 15 is 0 Å². The second kappa shape index (κ2) is 7.17. The van der Waals surface area contributed by atoms with Crippen molar-refractivity contribution in [2.45, 2.75) is 25.4 Å². The number of aromatic nitrogens is 1. The van der Waals surface area contributed by atoms with Crippen molar-refractivity contribution in [1.29, 1.82) is 0 Å². The van der Waals surface area contributed by atoms with E-state index < -0.39 is 0 Å². The van der Waals surface area contributed by atoms with Crippen LogP contribution in [0.2, 0.25) is 5.15 Å². The molecule has 0 unspecified atom stereocenters. The highest BCUT2D eigenvalue weighted by Crippen LogP contribution is 2.13. The first-order valence-corrected chi connectivity index (χ1v) is 6.15. The Bertz CT molecular complexity index is 323. The molecule has 1 aliphatic rings. The maximum Gasteiger partial charge on any atom is 0.129 e. The molecule has 2 rings (SSSR count). The molecule has 3 nitrogen and oxygen atoms in total. The van der Waals surface area contributed by atoms with Gasteiger partial charge in [0, 0.05) is 25.3 Å². The quantitative estimate of drug-likeness (QED) is 0.859. The summed E-state index contributed by atoms with van der Waals surface area (Å²) in [7, 11) is 2.17. The molecule has 17 heavy (non-hydrogen) atoms. The van der Waals surface area contributed by atoms with Gasteiger partial charge in [-0.2, -0.15) is 0 Å². The predicted molar refractivity (Wildman–Crippen MR) is 73.9 cm³/mol. The summed E-state index contributed by atoms with van der Waals surface area (Å²) < 4.78 is 0. The molecule has 0 radical (unpaired) electrons. The molecule has 1 saturated heterocycles. The van der Waals surface area contributed by atoms with E-state index in [1.54, 1.807) is 0 Å². The van der Waals surface area contributed by atoms with Gasteiger partial charge in [0.05, 0.1) is 0 Å². The monoisotopic (exact) mass is 275 g/mol. The van der Waals surface area contributed by atoms with Gasteiger partial charge < -0.3 is 5.32 Å². The second-order valence-corrected chi connectivity index (χ2v) is 4.79. The summed E-state index contributed by atoms with van der Waals surface area (Å²) in [6, 6.07) is 4.54. The zero-order chi connectivity index (χ0) is 11.4. The van der Waals surface area contributed by atoms with Gasteiger partial charge in [0.1, 0.15) is 5.15 Å². The number of likely N-dealkylation sites (N-methyl/N-ethyl adjacent to an activating group) is 1. The lowest BCUT2D eigenvalue weighted by molar-refractivity contribution is 0.195. The topological polar surface area (TPSA) is 28.2 Å². The summed E-state index contributed by atoms with van der Waals surface area (Å²) in [5, 5.41) is 3.99. The van der Waals surface area contributed by atoms with Gasteiger partial charge in [0.15, 0.2) is 0 Å². The van der Waals surface area contributed by atoms with Gasteiger partial charge in [-0.25, -0.2) is 4.98 Å². The van der Waals surface area contributed by atoms with Gasteiger partial charge in [0.25, 0.3) is 0 Å². The number of pyridine rings is 1. The van der Waals surface area contributed by atoms with Crippen LogP contribution < -0.4 is 5.32 Å². The molecule has 0 aliphatic carbocycles. The van der Waals surface area contributed by atoms with E-state index in [-0.39, 0.29) is 12.4 Å². The SMILES string of the molecule is CN(Cc1ccc(Cl)nc1)[C@H]1CCCNC1.Cl. The Kier molecular flexibility index (Phi) is 6.20. The minimum absolute atomic E-state index is 0. The average molecular weight is 276 g/mol. The summed E-state index contributed by atoms with van der Waals surface area (Å²) in [4.78, 5) is 6.49. The Hall–Kier alpha value is -0.350. The molecule has 96 valence electrons. The molecule has 1 aromatic heterocycles. The number of piperidine rings is 1. The van der Waals surface area contributed by atoms with E-state index in [0.717, 1.165) is 19.6 Å². The molecule has 1 atom stereocenters. The first-order chi connectivity index (χ1) is 7.75. The van der Waals surface area contributed by atoms with Crippen LogP contribution in [-0.2, 0) is 6.54 Å². The van der Waals surface area contributed by atoms with Gasteiger partial charge in [-0.15, -0.1) is 12.4 Å². The van der Waals surface area contributed by atoms with E-state index in [0.29, 0.717) is 11.2 Å². The number of halogens is 2. The second-order valence-electron chi connectivity index (χ2n) is 4.40. The van der Waals surface area contributed by atoms with E-state index in [1.807, 2.05) is 18.3 Å². The van der Waals surface area contributed by atoms with Crippen LogP contribution in [0.1, 0.15) is 18.4 Å². The first kappa shape index (κ1) is 14.7. The standard InChI is InChI=1S/C12H18ClN3.ClH/c1-16(11-3-2-6-14-8-11)9-10-4-5-12(13)15-7-10;/h4-5,7,11,14H,2-3,6,8-9H2,1H3;1H/t11-;/m0./s1. The largest absolute Gasteiger partial charge is 0.315 e. The smallest absolute Gasteiger partial charge is 0.129 e. The number of rotatable bonds is 3. The molecule has 1 fully saturated rings. The third-order valence-corrected chi connectivity index (χ3v) is 3.34. The zero-order valence-electron chi connectivity index (χ0n) is 10.0. The van der Waals surface area contributed by atoms with Crippen molar-refractivity contribution in [3.8, 4) is 0 Å². The Morgan fingerprint density at radius 1 is 1.53 bits per heavy atom. The number of hydrogen-bond acceptors (Lipinski definition) is 3. The average Bonchev–Trinajstić information content (AvgIpc) is 2.33. The van der Waals surface area contributed by atoms with Gasteiger partial charge >= 0.3 is 0 Å². The van der Waals surface area contributed by atoms with Crippen LogP contribution in [0, 0.1) is 0 Å². The minimum atomic E-state index is 0. The van der Waals surface area contributed by atoms with Crippen molar-refractivity contribution in [3.63, 3.8) is 0 Å². The minimum Gasteiger partial charge on any atom is -0.315 e. The lowest BCUT2D eigenvalue weighted by atomic mass is 10.1. The van der Waals surface area contributed by atoms with Crippen molar-refractivity contribution in [2.75, 3.05) is 20.1 Å². The van der Waals surface area contributed by atoms with Crippen LogP contribution in [0.4, 0.5) is 0 Å². The molecular formula is C12H19Cl2N3. The molecule has 0 bridgehead atoms. The number of hydrogen-bond donors (Lipinski definition) is 1. The highest BCUT2D eigenvalue weighted by Gasteiger charge is 2.17. The maximum absolute atomic E-state index is 5.76. The summed E-state index contributed by atoms with van der Waals surface area (Å²) in [6.07, 6.45) is 4.41. The lowest BCUT2D eigenvalue weighted by Crippen LogP contribution is -2.43. The van der Waals surface area contributed by atoms with Crippen LogP contribution in [0.3, 0.4) is 0 Å². The molecule has 0 saturated carbocycles. The number of nitrogens with zero attached hydrogens (tertiary/aromatic N) is 2. The van der Waals surface area contributed by atoms with E-state index in [1.165, 1.54) is 18.4 Å². The fourth-order valence-electron chi connectivity index (χ4n) is 2.13. The van der Waals surface area contributed by atoms with E-state index in [4.69, 9.17) is 11.6 Å². The fourth-order valence-corrected chi connectivity index (χ4v) is 2.24. The van der Waals surface area contributed by atoms with Gasteiger partial charge in [-0.3, -0.25) is 4.90 Å². The normalized spacial score (nSPS) is 20.1. The van der Waals surface area contributed by atoms with Crippen molar-refractivity contribution < 1.29 is 0 Å². The molecule has 1 N–H and O–H groups in total. The molecular weight excluding hydrogens is 257 g/mol. The van der Waals surface area contributed by atoms with E-state index in [2.05, 4.69) is 22.2 Å². The highest BCUT2D eigenvalue weighted by atomic mass is 35.5. The predicted octanol–water partition coefficient (Wildman–Crippen LogP) is 2.34. The van der Waals surface area contributed by atoms with Crippen molar-refractivity contribution in [1.82, 2.24) is 15.2 Å². The molecule has 0 spiro atoms. The molecule has 2 heterocycles.